The third-order valence-electron chi connectivity index (χ3n) is 5.12. The van der Waals surface area contributed by atoms with E-state index in [9.17, 15) is 4.79 Å². The predicted octanol–water partition coefficient (Wildman–Crippen LogP) is 6.60. The second kappa shape index (κ2) is 10.8. The molecule has 3 aromatic carbocycles. The standard InChI is InChI=1S/C26H25ClN2O4S/c1-4-32-20-13-11-18(15-22(20)33-5-2)25(30)29(16-17-9-7-6-8-10-17)26-28-23-21(31-3)14-12-19(27)24(23)34-26/h6-15H,4-5,16H2,1-3H3. The van der Waals surface area contributed by atoms with Crippen molar-refractivity contribution in [2.45, 2.75) is 20.4 Å². The second-order valence-electron chi connectivity index (χ2n) is 7.33. The molecule has 0 unspecified atom stereocenters. The highest BCUT2D eigenvalue weighted by Gasteiger charge is 2.24. The van der Waals surface area contributed by atoms with E-state index >= 15 is 0 Å². The molecular weight excluding hydrogens is 472 g/mol. The summed E-state index contributed by atoms with van der Waals surface area (Å²) in [5, 5.41) is 1.09. The second-order valence-corrected chi connectivity index (χ2v) is 8.71. The molecule has 0 radical (unpaired) electrons. The third kappa shape index (κ3) is 4.95. The molecule has 0 atom stereocenters. The summed E-state index contributed by atoms with van der Waals surface area (Å²) in [6.07, 6.45) is 0. The third-order valence-corrected chi connectivity index (χ3v) is 6.66. The highest BCUT2D eigenvalue weighted by molar-refractivity contribution is 7.23. The zero-order valence-corrected chi connectivity index (χ0v) is 20.8. The smallest absolute Gasteiger partial charge is 0.260 e. The summed E-state index contributed by atoms with van der Waals surface area (Å²) >= 11 is 7.80. The van der Waals surface area contributed by atoms with Crippen LogP contribution in [0.4, 0.5) is 5.13 Å². The highest BCUT2D eigenvalue weighted by atomic mass is 35.5. The van der Waals surface area contributed by atoms with Gasteiger partial charge in [-0.2, -0.15) is 0 Å². The molecule has 0 aliphatic carbocycles. The minimum Gasteiger partial charge on any atom is -0.494 e. The number of hydrogen-bond donors (Lipinski definition) is 0. The fraction of sp³-hybridized carbons (Fsp3) is 0.231. The van der Waals surface area contributed by atoms with Crippen LogP contribution in [0.3, 0.4) is 0 Å². The fourth-order valence-electron chi connectivity index (χ4n) is 3.55. The maximum Gasteiger partial charge on any atom is 0.260 e. The molecule has 0 bridgehead atoms. The number of fused-ring (bicyclic) bond motifs is 1. The molecule has 0 spiro atoms. The molecule has 0 saturated heterocycles. The van der Waals surface area contributed by atoms with Gasteiger partial charge >= 0.3 is 0 Å². The molecule has 6 nitrogen and oxygen atoms in total. The van der Waals surface area contributed by atoms with Crippen LogP contribution in [0.1, 0.15) is 29.8 Å². The Morgan fingerprint density at radius 1 is 0.971 bits per heavy atom. The van der Waals surface area contributed by atoms with E-state index in [-0.39, 0.29) is 5.91 Å². The van der Waals surface area contributed by atoms with Crippen LogP contribution in [-0.4, -0.2) is 31.2 Å². The predicted molar refractivity (Wildman–Crippen MR) is 137 cm³/mol. The van der Waals surface area contributed by atoms with E-state index in [1.54, 1.807) is 42.3 Å². The molecule has 1 heterocycles. The Balaban J connectivity index is 1.79. The fourth-order valence-corrected chi connectivity index (χ4v) is 4.81. The lowest BCUT2D eigenvalue weighted by Gasteiger charge is -2.21. The van der Waals surface area contributed by atoms with Crippen molar-refractivity contribution in [1.82, 2.24) is 4.98 Å². The number of rotatable bonds is 9. The number of carbonyl (C=O) groups excluding carboxylic acids is 1. The van der Waals surface area contributed by atoms with E-state index in [1.165, 1.54) is 11.3 Å². The number of nitrogens with zero attached hydrogens (tertiary/aromatic N) is 2. The Labute approximate surface area is 207 Å². The maximum atomic E-state index is 13.8. The molecule has 8 heteroatoms. The molecule has 0 N–H and O–H groups in total. The van der Waals surface area contributed by atoms with Gasteiger partial charge in [-0.05, 0) is 49.7 Å². The molecule has 176 valence electrons. The number of methoxy groups -OCH3 is 1. The summed E-state index contributed by atoms with van der Waals surface area (Å²) in [5.74, 6) is 1.53. The molecule has 0 fully saturated rings. The topological polar surface area (TPSA) is 60.9 Å². The first kappa shape index (κ1) is 23.9. The average Bonchev–Trinajstić information content (AvgIpc) is 3.30. The number of benzene rings is 3. The van der Waals surface area contributed by atoms with Crippen LogP contribution in [-0.2, 0) is 6.54 Å². The van der Waals surface area contributed by atoms with E-state index in [4.69, 9.17) is 30.8 Å². The molecule has 0 saturated carbocycles. The van der Waals surface area contributed by atoms with Crippen LogP contribution < -0.4 is 19.1 Å². The minimum atomic E-state index is -0.206. The molecule has 0 aliphatic heterocycles. The number of amides is 1. The summed E-state index contributed by atoms with van der Waals surface area (Å²) in [6.45, 7) is 5.10. The van der Waals surface area contributed by atoms with Crippen molar-refractivity contribution in [3.8, 4) is 17.2 Å². The lowest BCUT2D eigenvalue weighted by Crippen LogP contribution is -2.30. The van der Waals surface area contributed by atoms with Gasteiger partial charge in [0.1, 0.15) is 11.3 Å². The van der Waals surface area contributed by atoms with E-state index < -0.39 is 0 Å². The van der Waals surface area contributed by atoms with E-state index in [2.05, 4.69) is 0 Å². The number of anilines is 1. The Morgan fingerprint density at radius 3 is 2.38 bits per heavy atom. The monoisotopic (exact) mass is 496 g/mol. The zero-order chi connectivity index (χ0) is 24.1. The normalized spacial score (nSPS) is 10.8. The van der Waals surface area contributed by atoms with E-state index in [1.807, 2.05) is 44.2 Å². The number of aromatic nitrogens is 1. The Kier molecular flexibility index (Phi) is 7.55. The number of carbonyl (C=O) groups is 1. The largest absolute Gasteiger partial charge is 0.494 e. The Morgan fingerprint density at radius 2 is 1.68 bits per heavy atom. The number of thiazole rings is 1. The van der Waals surface area contributed by atoms with Crippen LogP contribution in [0.15, 0.2) is 60.7 Å². The number of ether oxygens (including phenoxy) is 3. The molecule has 1 aromatic heterocycles. The van der Waals surface area contributed by atoms with Crippen molar-refractivity contribution in [3.05, 3.63) is 76.8 Å². The zero-order valence-electron chi connectivity index (χ0n) is 19.2. The van der Waals surface area contributed by atoms with Crippen LogP contribution in [0.5, 0.6) is 17.2 Å². The lowest BCUT2D eigenvalue weighted by molar-refractivity contribution is 0.0984. The van der Waals surface area contributed by atoms with Gasteiger partial charge in [-0.1, -0.05) is 53.3 Å². The number of hydrogen-bond acceptors (Lipinski definition) is 6. The molecular formula is C26H25ClN2O4S. The van der Waals surface area contributed by atoms with Gasteiger partial charge in [-0.25, -0.2) is 4.98 Å². The first-order valence-electron chi connectivity index (χ1n) is 10.9. The van der Waals surface area contributed by atoms with Crippen LogP contribution in [0, 0.1) is 0 Å². The SMILES string of the molecule is CCOc1ccc(C(=O)N(Cc2ccccc2)c2nc3c(OC)ccc(Cl)c3s2)cc1OCC. The molecule has 0 aliphatic rings. The summed E-state index contributed by atoms with van der Waals surface area (Å²) in [4.78, 5) is 20.2. The molecule has 4 aromatic rings. The van der Waals surface area contributed by atoms with Gasteiger partial charge in [-0.3, -0.25) is 9.69 Å². The van der Waals surface area contributed by atoms with Crippen molar-refractivity contribution in [2.75, 3.05) is 25.2 Å². The first-order chi connectivity index (χ1) is 16.5. The molecule has 4 rings (SSSR count). The quantitative estimate of drug-likeness (QED) is 0.261. The van der Waals surface area contributed by atoms with Gasteiger partial charge in [0.15, 0.2) is 16.6 Å². The van der Waals surface area contributed by atoms with Crippen molar-refractivity contribution < 1.29 is 19.0 Å². The van der Waals surface area contributed by atoms with Gasteiger partial charge in [-0.15, -0.1) is 0 Å². The minimum absolute atomic E-state index is 0.206. The van der Waals surface area contributed by atoms with Crippen molar-refractivity contribution >= 4 is 44.2 Å². The maximum absolute atomic E-state index is 13.8. The number of halogens is 1. The summed E-state index contributed by atoms with van der Waals surface area (Å²) in [7, 11) is 1.59. The summed E-state index contributed by atoms with van der Waals surface area (Å²) in [6, 6.07) is 18.6. The van der Waals surface area contributed by atoms with Crippen molar-refractivity contribution in [1.29, 1.82) is 0 Å². The van der Waals surface area contributed by atoms with Gasteiger partial charge in [0.2, 0.25) is 0 Å². The Hall–Kier alpha value is -3.29. The van der Waals surface area contributed by atoms with Gasteiger partial charge < -0.3 is 14.2 Å². The van der Waals surface area contributed by atoms with Gasteiger partial charge in [0.05, 0.1) is 36.6 Å². The van der Waals surface area contributed by atoms with Crippen LogP contribution in [0.2, 0.25) is 5.02 Å². The van der Waals surface area contributed by atoms with Crippen LogP contribution >= 0.6 is 22.9 Å². The van der Waals surface area contributed by atoms with Crippen molar-refractivity contribution in [2.24, 2.45) is 0 Å². The summed E-state index contributed by atoms with van der Waals surface area (Å²) < 4.78 is 17.6. The highest BCUT2D eigenvalue weighted by Crippen LogP contribution is 2.40. The van der Waals surface area contributed by atoms with Gasteiger partial charge in [0.25, 0.3) is 5.91 Å². The summed E-state index contributed by atoms with van der Waals surface area (Å²) in [5.41, 5.74) is 2.08. The van der Waals surface area contributed by atoms with Gasteiger partial charge in [0, 0.05) is 5.56 Å². The molecule has 34 heavy (non-hydrogen) atoms. The van der Waals surface area contributed by atoms with E-state index in [0.717, 1.165) is 10.3 Å². The average molecular weight is 497 g/mol. The van der Waals surface area contributed by atoms with Crippen molar-refractivity contribution in [3.63, 3.8) is 0 Å². The Bertz CT molecular complexity index is 1290. The lowest BCUT2D eigenvalue weighted by atomic mass is 10.1. The van der Waals surface area contributed by atoms with E-state index in [0.29, 0.717) is 58.2 Å². The molecule has 1 amide bonds. The van der Waals surface area contributed by atoms with Crippen LogP contribution in [0.25, 0.3) is 10.2 Å². The first-order valence-corrected chi connectivity index (χ1v) is 12.1.